The maximum Gasteiger partial charge on any atom is 0.0991 e. The molecular weight excluding hydrogens is 560 g/mol. The Bertz CT molecular complexity index is 1920. The summed E-state index contributed by atoms with van der Waals surface area (Å²) in [4.78, 5) is 11.1. The van der Waals surface area contributed by atoms with Gasteiger partial charge >= 0.3 is 0 Å². The van der Waals surface area contributed by atoms with Crippen LogP contribution in [0.15, 0.2) is 158 Å². The number of hydrogen-bond donors (Lipinski definition) is 0. The third-order valence-electron chi connectivity index (χ3n) is 8.19. The lowest BCUT2D eigenvalue weighted by molar-refractivity contribution is 0.805. The molecule has 0 bridgehead atoms. The van der Waals surface area contributed by atoms with Crippen LogP contribution >= 0.6 is 0 Å². The molecule has 0 atom stereocenters. The van der Waals surface area contributed by atoms with Gasteiger partial charge in [0.05, 0.1) is 17.7 Å². The molecule has 0 N–H and O–H groups in total. The highest BCUT2D eigenvalue weighted by Crippen LogP contribution is 2.37. The summed E-state index contributed by atoms with van der Waals surface area (Å²) in [5.41, 5.74) is 9.54. The largest absolute Gasteiger partial charge is 0.310 e. The Morgan fingerprint density at radius 1 is 0.565 bits per heavy atom. The highest BCUT2D eigenvalue weighted by molar-refractivity contribution is 5.95. The summed E-state index contributed by atoms with van der Waals surface area (Å²) in [6.07, 6.45) is 7.62. The second kappa shape index (κ2) is 14.1. The Hall–Kier alpha value is -5.48. The van der Waals surface area contributed by atoms with E-state index in [1.54, 1.807) is 0 Å². The Labute approximate surface area is 272 Å². The van der Waals surface area contributed by atoms with Gasteiger partial charge in [-0.3, -0.25) is 4.98 Å². The van der Waals surface area contributed by atoms with Crippen LogP contribution in [0.3, 0.4) is 0 Å². The molecule has 7 aromatic rings. The number of para-hydroxylation sites is 3. The lowest BCUT2D eigenvalue weighted by atomic mass is 9.92. The van der Waals surface area contributed by atoms with Crippen LogP contribution in [0, 0.1) is 0 Å². The third kappa shape index (κ3) is 6.62. The van der Waals surface area contributed by atoms with Gasteiger partial charge in [0.1, 0.15) is 0 Å². The monoisotopic (exact) mass is 600 g/mol. The Morgan fingerprint density at radius 3 is 1.76 bits per heavy atom. The summed E-state index contributed by atoms with van der Waals surface area (Å²) >= 11 is 0. The average Bonchev–Trinajstić information content (AvgIpc) is 3.64. The van der Waals surface area contributed by atoms with Crippen LogP contribution in [-0.2, 0) is 0 Å². The van der Waals surface area contributed by atoms with E-state index in [1.807, 2.05) is 37.1 Å². The van der Waals surface area contributed by atoms with E-state index in [9.17, 15) is 0 Å². The number of aromatic nitrogens is 3. The van der Waals surface area contributed by atoms with Crippen molar-refractivity contribution in [3.63, 3.8) is 0 Å². The number of pyridine rings is 1. The molecule has 0 radical (unpaired) electrons. The Kier molecular flexibility index (Phi) is 9.35. The Balaban J connectivity index is 0.000000187. The van der Waals surface area contributed by atoms with Crippen molar-refractivity contribution in [2.75, 3.05) is 4.90 Å². The first-order valence-electron chi connectivity index (χ1n) is 16.0. The van der Waals surface area contributed by atoms with Crippen molar-refractivity contribution >= 4 is 27.8 Å². The summed E-state index contributed by atoms with van der Waals surface area (Å²) in [5.74, 6) is 1.04. The summed E-state index contributed by atoms with van der Waals surface area (Å²) in [5, 5.41) is 2.36. The predicted octanol–water partition coefficient (Wildman–Crippen LogP) is 11.5. The molecule has 7 rings (SSSR count). The maximum absolute atomic E-state index is 4.70. The number of fused-ring (bicyclic) bond motifs is 1. The topological polar surface area (TPSA) is 34.0 Å². The minimum Gasteiger partial charge on any atom is -0.310 e. The molecule has 0 saturated heterocycles. The van der Waals surface area contributed by atoms with E-state index in [1.165, 1.54) is 22.2 Å². The molecule has 0 aliphatic heterocycles. The predicted molar refractivity (Wildman–Crippen MR) is 194 cm³/mol. The molecule has 4 heteroatoms. The first kappa shape index (κ1) is 30.5. The van der Waals surface area contributed by atoms with Gasteiger partial charge in [-0.2, -0.15) is 0 Å². The molecule has 0 saturated carbocycles. The van der Waals surface area contributed by atoms with E-state index in [2.05, 4.69) is 163 Å². The fourth-order valence-electron chi connectivity index (χ4n) is 5.94. The second-order valence-corrected chi connectivity index (χ2v) is 12.0. The zero-order valence-electron chi connectivity index (χ0n) is 27.0. The van der Waals surface area contributed by atoms with Crippen molar-refractivity contribution in [2.45, 2.75) is 39.5 Å². The van der Waals surface area contributed by atoms with E-state index < -0.39 is 0 Å². The van der Waals surface area contributed by atoms with Crippen LogP contribution in [0.5, 0.6) is 0 Å². The van der Waals surface area contributed by atoms with Crippen LogP contribution in [0.1, 0.15) is 50.7 Å². The van der Waals surface area contributed by atoms with Crippen LogP contribution in [-0.4, -0.2) is 14.5 Å². The van der Waals surface area contributed by atoms with Crippen molar-refractivity contribution in [1.29, 1.82) is 0 Å². The van der Waals surface area contributed by atoms with Gasteiger partial charge in [-0.25, -0.2) is 4.98 Å². The van der Waals surface area contributed by atoms with Gasteiger partial charge in [-0.1, -0.05) is 119 Å². The zero-order valence-corrected chi connectivity index (χ0v) is 27.0. The maximum atomic E-state index is 4.70. The molecule has 0 aliphatic carbocycles. The lowest BCUT2D eigenvalue weighted by Crippen LogP contribution is -2.09. The highest BCUT2D eigenvalue weighted by Gasteiger charge is 2.15. The molecule has 2 aromatic heterocycles. The van der Waals surface area contributed by atoms with E-state index in [-0.39, 0.29) is 0 Å². The van der Waals surface area contributed by atoms with Gasteiger partial charge in [0.15, 0.2) is 0 Å². The van der Waals surface area contributed by atoms with E-state index in [0.29, 0.717) is 11.8 Å². The van der Waals surface area contributed by atoms with Crippen LogP contribution < -0.4 is 4.90 Å². The fraction of sp³-hybridized carbons (Fsp3) is 0.143. The molecule has 0 fully saturated rings. The highest BCUT2D eigenvalue weighted by atomic mass is 15.1. The molecule has 4 nitrogen and oxygen atoms in total. The minimum absolute atomic E-state index is 0.520. The van der Waals surface area contributed by atoms with Crippen molar-refractivity contribution in [3.8, 4) is 16.9 Å². The van der Waals surface area contributed by atoms with Crippen molar-refractivity contribution in [1.82, 2.24) is 14.5 Å². The Morgan fingerprint density at radius 2 is 1.15 bits per heavy atom. The summed E-state index contributed by atoms with van der Waals surface area (Å²) in [7, 11) is 0. The molecule has 0 spiro atoms. The SMILES string of the molecule is CC(C)c1cccc(C(C)C)c1-n1ccnc1.c1ccc(N(c2ccccc2)c2cccc(-c3nccc4ccccc34)c2)cc1. The second-order valence-electron chi connectivity index (χ2n) is 12.0. The van der Waals surface area contributed by atoms with Crippen LogP contribution in [0.4, 0.5) is 17.1 Å². The molecule has 228 valence electrons. The molecule has 5 aromatic carbocycles. The van der Waals surface area contributed by atoms with Crippen LogP contribution in [0.25, 0.3) is 27.7 Å². The number of benzene rings is 5. The number of hydrogen-bond acceptors (Lipinski definition) is 3. The first-order valence-corrected chi connectivity index (χ1v) is 16.0. The average molecular weight is 601 g/mol. The summed E-state index contributed by atoms with van der Waals surface area (Å²) in [6.45, 7) is 8.94. The fourth-order valence-corrected chi connectivity index (χ4v) is 5.94. The van der Waals surface area contributed by atoms with Gasteiger partial charge in [-0.05, 0) is 70.8 Å². The molecule has 0 unspecified atom stereocenters. The lowest BCUT2D eigenvalue weighted by Gasteiger charge is -2.25. The number of imidazole rings is 1. The molecular formula is C42H40N4. The van der Waals surface area contributed by atoms with Gasteiger partial charge in [0.25, 0.3) is 0 Å². The van der Waals surface area contributed by atoms with Gasteiger partial charge in [-0.15, -0.1) is 0 Å². The number of rotatable bonds is 7. The van der Waals surface area contributed by atoms with E-state index in [0.717, 1.165) is 33.7 Å². The number of anilines is 3. The number of nitrogens with zero attached hydrogens (tertiary/aromatic N) is 4. The standard InChI is InChI=1S/C27H20N2.C15H20N2/c1-3-12-23(13-4-1)29(24-14-5-2-6-15-24)25-16-9-11-22(20-25)27-26-17-8-7-10-21(26)18-19-28-27;1-11(2)13-6-5-7-14(12(3)4)15(13)17-9-8-16-10-17/h1-20H;5-12H,1-4H3. The normalized spacial score (nSPS) is 11.0. The molecule has 2 heterocycles. The van der Waals surface area contributed by atoms with Crippen LogP contribution in [0.2, 0.25) is 0 Å². The minimum atomic E-state index is 0.520. The molecule has 0 amide bonds. The van der Waals surface area contributed by atoms with Crippen molar-refractivity contribution in [2.24, 2.45) is 0 Å². The summed E-state index contributed by atoms with van der Waals surface area (Å²) < 4.78 is 2.13. The summed E-state index contributed by atoms with van der Waals surface area (Å²) in [6, 6.07) is 46.6. The first-order chi connectivity index (χ1) is 22.5. The van der Waals surface area contributed by atoms with Gasteiger partial charge in [0.2, 0.25) is 0 Å². The van der Waals surface area contributed by atoms with Gasteiger partial charge in [0, 0.05) is 46.6 Å². The van der Waals surface area contributed by atoms with E-state index in [4.69, 9.17) is 4.98 Å². The van der Waals surface area contributed by atoms with Crippen molar-refractivity contribution < 1.29 is 0 Å². The molecule has 46 heavy (non-hydrogen) atoms. The van der Waals surface area contributed by atoms with Gasteiger partial charge < -0.3 is 9.47 Å². The smallest absolute Gasteiger partial charge is 0.0991 e. The van der Waals surface area contributed by atoms with E-state index >= 15 is 0 Å². The molecule has 0 aliphatic rings. The quantitative estimate of drug-likeness (QED) is 0.182. The third-order valence-corrected chi connectivity index (χ3v) is 8.19. The zero-order chi connectivity index (χ0) is 31.9. The van der Waals surface area contributed by atoms with Crippen molar-refractivity contribution in [3.05, 3.63) is 170 Å².